The van der Waals surface area contributed by atoms with Gasteiger partial charge in [0.05, 0.1) is 79.3 Å². The summed E-state index contributed by atoms with van der Waals surface area (Å²) in [5.74, 6) is 0. The number of fused-ring (bicyclic) bond motifs is 21. The van der Waals surface area contributed by atoms with E-state index < -0.39 is 0 Å². The van der Waals surface area contributed by atoms with Crippen LogP contribution in [0.1, 0.15) is 0 Å². The van der Waals surface area contributed by atoms with Crippen molar-refractivity contribution in [2.24, 2.45) is 0 Å². The Labute approximate surface area is 223 Å². The van der Waals surface area contributed by atoms with Crippen molar-refractivity contribution in [1.29, 1.82) is 0 Å². The van der Waals surface area contributed by atoms with E-state index in [4.69, 9.17) is 28.4 Å². The summed E-state index contributed by atoms with van der Waals surface area (Å²) in [6.45, 7) is 13.2. The predicted molar refractivity (Wildman–Crippen MR) is 97.8 cm³/mol. The van der Waals surface area contributed by atoms with E-state index in [0.717, 1.165) is 39.3 Å². The average Bonchev–Trinajstić information content (AvgIpc) is 2.65. The van der Waals surface area contributed by atoms with E-state index in [9.17, 15) is 0 Å². The van der Waals surface area contributed by atoms with Crippen LogP contribution in [0.4, 0.5) is 0 Å². The zero-order valence-corrected chi connectivity index (χ0v) is 22.2. The van der Waals surface area contributed by atoms with Crippen molar-refractivity contribution >= 4 is 0 Å². The zero-order valence-electron chi connectivity index (χ0n) is 17.4. The molecule has 0 aliphatic carbocycles. The van der Waals surface area contributed by atoms with E-state index in [1.807, 2.05) is 0 Å². The molecule has 0 radical (unpaired) electrons. The normalized spacial score (nSPS) is 28.3. The topological polar surface area (TPSA) is 61.9 Å². The van der Waals surface area contributed by atoms with E-state index in [0.29, 0.717) is 79.3 Å². The van der Waals surface area contributed by atoms with Gasteiger partial charge in [-0.3, -0.25) is 9.80 Å². The van der Waals surface area contributed by atoms with Crippen LogP contribution in [-0.2, 0) is 28.4 Å². The summed E-state index contributed by atoms with van der Waals surface area (Å²) in [5.41, 5.74) is 0. The van der Waals surface area contributed by atoms with Gasteiger partial charge in [-0.1, -0.05) is 0 Å². The van der Waals surface area contributed by atoms with Gasteiger partial charge in [0.2, 0.25) is 0 Å². The molecule has 3 fully saturated rings. The molecule has 3 saturated heterocycles. The number of hydrogen-bond donors (Lipinski definition) is 0. The van der Waals surface area contributed by atoms with E-state index >= 15 is 0 Å². The first-order valence-corrected chi connectivity index (χ1v) is 9.86. The molecule has 2 bridgehead atoms. The van der Waals surface area contributed by atoms with Gasteiger partial charge in [0.15, 0.2) is 0 Å². The second-order valence-corrected chi connectivity index (χ2v) is 6.36. The molecule has 3 aliphatic heterocycles. The van der Waals surface area contributed by atoms with Crippen LogP contribution in [0.2, 0.25) is 0 Å². The quantitative estimate of drug-likeness (QED) is 0.308. The number of hydrogen-bond acceptors (Lipinski definition) is 8. The number of rotatable bonds is 0. The molecular weight excluding hydrogens is 459 g/mol. The molecule has 3 heterocycles. The minimum Gasteiger partial charge on any atom is -1.00 e. The van der Waals surface area contributed by atoms with Crippen molar-refractivity contribution in [3.05, 3.63) is 0 Å². The van der Waals surface area contributed by atoms with Crippen LogP contribution in [0.25, 0.3) is 0 Å². The Bertz CT molecular complexity index is 259. The molecule has 0 atom stereocenters. The van der Waals surface area contributed by atoms with Gasteiger partial charge in [-0.15, -0.1) is 0 Å². The molecule has 3 aliphatic rings. The predicted octanol–water partition coefficient (Wildman–Crippen LogP) is -6.27. The smallest absolute Gasteiger partial charge is 1.00 e. The van der Waals surface area contributed by atoms with Crippen molar-refractivity contribution in [2.75, 3.05) is 119 Å². The molecule has 0 aromatic rings. The van der Waals surface area contributed by atoms with Gasteiger partial charge < -0.3 is 45.4 Å². The Morgan fingerprint density at radius 3 is 0.679 bits per heavy atom. The van der Waals surface area contributed by atoms with E-state index in [1.54, 1.807) is 0 Å². The third kappa shape index (κ3) is 16.5. The summed E-state index contributed by atoms with van der Waals surface area (Å²) in [5, 5.41) is 0. The summed E-state index contributed by atoms with van der Waals surface area (Å²) in [4.78, 5) is 4.62. The third-order valence-corrected chi connectivity index (χ3v) is 4.43. The molecule has 0 N–H and O–H groups in total. The van der Waals surface area contributed by atoms with Crippen molar-refractivity contribution in [2.45, 2.75) is 0 Å². The van der Waals surface area contributed by atoms with Crippen molar-refractivity contribution in [3.63, 3.8) is 0 Å². The van der Waals surface area contributed by atoms with Crippen molar-refractivity contribution in [1.82, 2.24) is 9.80 Å². The van der Waals surface area contributed by atoms with Crippen LogP contribution in [0.15, 0.2) is 0 Å². The molecule has 28 heavy (non-hydrogen) atoms. The van der Waals surface area contributed by atoms with Crippen LogP contribution in [0.3, 0.4) is 0 Å². The Morgan fingerprint density at radius 2 is 0.500 bits per heavy atom. The molecule has 0 aromatic carbocycles. The van der Waals surface area contributed by atoms with Crippen molar-refractivity contribution < 1.29 is 96.8 Å². The van der Waals surface area contributed by atoms with Gasteiger partial charge in [-0.05, 0) is 0 Å². The monoisotopic (exact) mass is 494 g/mol. The maximum absolute atomic E-state index is 5.70. The fourth-order valence-corrected chi connectivity index (χ4v) is 2.80. The Balaban J connectivity index is 0.00000364. The molecular formula is C18H36BrKN2O6. The molecule has 0 spiro atoms. The molecule has 0 amide bonds. The minimum atomic E-state index is 0. The fourth-order valence-electron chi connectivity index (χ4n) is 2.80. The van der Waals surface area contributed by atoms with Crippen LogP contribution >= 0.6 is 0 Å². The summed E-state index contributed by atoms with van der Waals surface area (Å²) in [6.07, 6.45) is 0. The van der Waals surface area contributed by atoms with Crippen LogP contribution in [-0.4, -0.2) is 128 Å². The Morgan fingerprint density at radius 1 is 0.321 bits per heavy atom. The summed E-state index contributed by atoms with van der Waals surface area (Å²) in [6, 6.07) is 0. The standard InChI is InChI=1S/C18H36N2O6.BrH.K/c1-7-21-13-14-24-10-4-20-5-11-25-17-15-22-8-2-19(1)3-9-23-16-18-26-12-6-20;;/h1-18H2;1H;/q;;+1/p-1. The molecule has 0 aromatic heterocycles. The second-order valence-electron chi connectivity index (χ2n) is 6.36. The van der Waals surface area contributed by atoms with E-state index in [2.05, 4.69) is 9.80 Å². The Kier molecular flexibility index (Phi) is 23.4. The van der Waals surface area contributed by atoms with Gasteiger partial charge in [-0.25, -0.2) is 0 Å². The van der Waals surface area contributed by atoms with Gasteiger partial charge in [-0.2, -0.15) is 0 Å². The van der Waals surface area contributed by atoms with E-state index in [1.165, 1.54) is 0 Å². The summed E-state index contributed by atoms with van der Waals surface area (Å²) >= 11 is 0. The van der Waals surface area contributed by atoms with Gasteiger partial charge in [0, 0.05) is 39.3 Å². The van der Waals surface area contributed by atoms with Gasteiger partial charge >= 0.3 is 51.4 Å². The minimum absolute atomic E-state index is 0. The molecule has 10 heteroatoms. The summed E-state index contributed by atoms with van der Waals surface area (Å²) in [7, 11) is 0. The largest absolute Gasteiger partial charge is 1.00 e. The fraction of sp³-hybridized carbons (Fsp3) is 1.00. The SMILES string of the molecule is C1COCCN2CCOCCOCCN(CCO1)CCOCCOCC2.[Br-].[K+]. The van der Waals surface area contributed by atoms with Crippen molar-refractivity contribution in [3.8, 4) is 0 Å². The number of halogens is 1. The molecule has 0 unspecified atom stereocenters. The maximum Gasteiger partial charge on any atom is 1.00 e. The van der Waals surface area contributed by atoms with Gasteiger partial charge in [0.1, 0.15) is 0 Å². The van der Waals surface area contributed by atoms with Crippen LogP contribution < -0.4 is 68.4 Å². The first-order valence-electron chi connectivity index (χ1n) is 9.86. The Hall–Kier alpha value is 1.80. The maximum atomic E-state index is 5.70. The summed E-state index contributed by atoms with van der Waals surface area (Å²) < 4.78 is 34.2. The van der Waals surface area contributed by atoms with E-state index in [-0.39, 0.29) is 68.4 Å². The molecule has 0 saturated carbocycles. The number of nitrogens with zero attached hydrogens (tertiary/aromatic N) is 2. The van der Waals surface area contributed by atoms with Crippen LogP contribution in [0.5, 0.6) is 0 Å². The number of ether oxygens (including phenoxy) is 6. The second kappa shape index (κ2) is 22.0. The molecule has 8 nitrogen and oxygen atoms in total. The first-order chi connectivity index (χ1) is 12.9. The average molecular weight is 495 g/mol. The molecule has 162 valence electrons. The third-order valence-electron chi connectivity index (χ3n) is 4.43. The zero-order chi connectivity index (χ0) is 18.1. The molecule has 3 rings (SSSR count). The van der Waals surface area contributed by atoms with Crippen LogP contribution in [0, 0.1) is 0 Å². The van der Waals surface area contributed by atoms with Gasteiger partial charge in [0.25, 0.3) is 0 Å². The first kappa shape index (κ1) is 29.8.